The Bertz CT molecular complexity index is 2090. The topological polar surface area (TPSA) is 447 Å². The molecule has 0 aromatic heterocycles. The normalized spacial score (nSPS) is 33.7. The Morgan fingerprint density at radius 2 is 0.774 bits per heavy atom. The molecule has 4 aliphatic rings. The molecule has 3 saturated heterocycles. The van der Waals surface area contributed by atoms with E-state index >= 15 is 0 Å². The van der Waals surface area contributed by atoms with Gasteiger partial charge in [0.1, 0.15) is 116 Å². The molecule has 0 aromatic rings. The Kier molecular flexibility index (Phi) is 41.3. The fourth-order valence-electron chi connectivity index (χ4n) is 11.5. The zero-order valence-electron chi connectivity index (χ0n) is 54.5. The number of phosphoric ester groups is 1. The second kappa shape index (κ2) is 46.1. The number of ether oxygens (including phenoxy) is 8. The van der Waals surface area contributed by atoms with Crippen LogP contribution in [0.1, 0.15) is 200 Å². The lowest BCUT2D eigenvalue weighted by Crippen LogP contribution is -2.69. The minimum absolute atomic E-state index is 0.00716. The number of hydrogen-bond donors (Lipinski definition) is 15. The zero-order chi connectivity index (χ0) is 68.3. The summed E-state index contributed by atoms with van der Waals surface area (Å²) in [4.78, 5) is 38.0. The molecule has 0 spiro atoms. The van der Waals surface area contributed by atoms with Gasteiger partial charge in [0, 0.05) is 12.8 Å². The number of esters is 2. The first-order valence-corrected chi connectivity index (χ1v) is 35.7. The van der Waals surface area contributed by atoms with Crippen molar-refractivity contribution in [2.45, 2.75) is 335 Å². The van der Waals surface area contributed by atoms with Crippen molar-refractivity contribution in [3.05, 3.63) is 24.3 Å². The summed E-state index contributed by atoms with van der Waals surface area (Å²) in [6, 6.07) is 0. The van der Waals surface area contributed by atoms with Crippen LogP contribution in [0.2, 0.25) is 0 Å². The lowest BCUT2D eigenvalue weighted by Gasteiger charge is -2.49. The van der Waals surface area contributed by atoms with E-state index in [1.165, 1.54) is 83.5 Å². The molecule has 0 aromatic carbocycles. The Morgan fingerprint density at radius 1 is 0.419 bits per heavy atom. The third-order valence-electron chi connectivity index (χ3n) is 17.3. The smallest absolute Gasteiger partial charge is 0.462 e. The molecule has 544 valence electrons. The first-order chi connectivity index (χ1) is 44.6. The number of allylic oxidation sites excluding steroid dienone is 4. The van der Waals surface area contributed by atoms with E-state index in [-0.39, 0.29) is 12.8 Å². The minimum atomic E-state index is -5.76. The molecule has 0 amide bonds. The zero-order valence-corrected chi connectivity index (χ0v) is 55.4. The predicted molar refractivity (Wildman–Crippen MR) is 333 cm³/mol. The van der Waals surface area contributed by atoms with Gasteiger partial charge in [0.25, 0.3) is 0 Å². The summed E-state index contributed by atoms with van der Waals surface area (Å²) in [5.41, 5.74) is 0. The van der Waals surface area contributed by atoms with Crippen molar-refractivity contribution in [1.82, 2.24) is 0 Å². The maximum atomic E-state index is 14.3. The summed E-state index contributed by atoms with van der Waals surface area (Å²) >= 11 is 0. The van der Waals surface area contributed by atoms with E-state index in [2.05, 4.69) is 38.2 Å². The van der Waals surface area contributed by atoms with Gasteiger partial charge in [-0.3, -0.25) is 18.6 Å². The van der Waals surface area contributed by atoms with Crippen LogP contribution in [-0.2, 0) is 61.1 Å². The number of carbonyl (C=O) groups is 2. The third-order valence-corrected chi connectivity index (χ3v) is 18.3. The van der Waals surface area contributed by atoms with E-state index in [0.29, 0.717) is 19.3 Å². The molecule has 93 heavy (non-hydrogen) atoms. The lowest BCUT2D eigenvalue weighted by atomic mass is 9.84. The van der Waals surface area contributed by atoms with Gasteiger partial charge in [-0.2, -0.15) is 0 Å². The molecular formula is C64H115O28P. The highest BCUT2D eigenvalue weighted by Gasteiger charge is 2.58. The first kappa shape index (κ1) is 83.2. The standard InChI is InChI=1S/C64H115O28P/c1-3-5-7-9-11-13-15-17-19-21-22-24-26-28-30-32-34-45(67)83-38-41(86-46(68)35-33-31-29-27-25-23-20-18-16-14-12-10-8-6-4-2)39-85-93(81,82)92-61-59(90-63-57(79)51(73)48(70)43(37-66)88-63)54(76)53(75)55(77)60(61)91-64-58(80)52(74)49(71)44(89-64)40-84-62-56(78)50(72)47(69)42(36-65)87-62/h18-21,41-44,47-66,69-80H,3-17,22-40H2,1-2H3,(H,81,82)/b20-18-,21-19-/t41-,42?,43?,44?,47+,48-,49+,50?,51?,52?,53+,54?,55?,56+,57-,58+,59-,60?,61+,62-,63-,64+/m1/s1. The SMILES string of the molecule is CCCCCCCC/C=C\CCCCCCCC(=O)O[C@H](COC(=O)CCCCCCC/C=C\CCCCCCCCC)COP(=O)(O)O[C@@H]1C(O[C@@H]2OC(CO[C@@H]3OC(CO)[C@H](O)C(O)[C@@H]3O)[C@H](O)C(O)[C@@H]2O)C(O)[C@@H](O)C(O)[C@H]1O[C@H]1OC(CO)[C@@H](O)C(O)[C@H]1O. The fraction of sp³-hybridized carbons (Fsp3) is 0.906. The van der Waals surface area contributed by atoms with Crippen molar-refractivity contribution >= 4 is 19.8 Å². The molecule has 3 heterocycles. The van der Waals surface area contributed by atoms with E-state index in [0.717, 1.165) is 70.6 Å². The number of aliphatic hydroxyl groups excluding tert-OH is 14. The highest BCUT2D eigenvalue weighted by Crippen LogP contribution is 2.49. The van der Waals surface area contributed by atoms with Crippen molar-refractivity contribution in [2.24, 2.45) is 0 Å². The number of rotatable bonds is 48. The first-order valence-electron chi connectivity index (χ1n) is 34.2. The van der Waals surface area contributed by atoms with Crippen LogP contribution in [-0.4, -0.2) is 256 Å². The van der Waals surface area contributed by atoms with Crippen molar-refractivity contribution in [1.29, 1.82) is 0 Å². The molecule has 3 aliphatic heterocycles. The molecule has 1 saturated carbocycles. The molecule has 0 bridgehead atoms. The van der Waals surface area contributed by atoms with E-state index in [1.54, 1.807) is 0 Å². The monoisotopic (exact) mass is 1360 g/mol. The molecule has 4 fully saturated rings. The predicted octanol–water partition coefficient (Wildman–Crippen LogP) is 2.70. The summed E-state index contributed by atoms with van der Waals surface area (Å²) in [5.74, 6) is -1.42. The average Bonchev–Trinajstić information content (AvgIpc) is 0.842. The fourth-order valence-corrected chi connectivity index (χ4v) is 12.5. The Balaban J connectivity index is 1.47. The Hall–Kier alpha value is -2.27. The number of unbranched alkanes of at least 4 members (excludes halogenated alkanes) is 23. The van der Waals surface area contributed by atoms with Gasteiger partial charge >= 0.3 is 19.8 Å². The van der Waals surface area contributed by atoms with Gasteiger partial charge in [0.05, 0.1) is 26.4 Å². The van der Waals surface area contributed by atoms with Crippen molar-refractivity contribution in [2.75, 3.05) is 33.0 Å². The van der Waals surface area contributed by atoms with Gasteiger partial charge in [-0.15, -0.1) is 0 Å². The summed E-state index contributed by atoms with van der Waals surface area (Å²) in [6.07, 6.45) is -8.47. The van der Waals surface area contributed by atoms with Crippen LogP contribution in [0.3, 0.4) is 0 Å². The van der Waals surface area contributed by atoms with Crippen LogP contribution in [0.15, 0.2) is 24.3 Å². The quantitative estimate of drug-likeness (QED) is 0.0180. The summed E-state index contributed by atoms with van der Waals surface area (Å²) in [7, 11) is -5.76. The van der Waals surface area contributed by atoms with Crippen molar-refractivity contribution in [3.8, 4) is 0 Å². The van der Waals surface area contributed by atoms with Crippen LogP contribution < -0.4 is 0 Å². The average molecular weight is 1360 g/mol. The number of hydrogen-bond acceptors (Lipinski definition) is 27. The summed E-state index contributed by atoms with van der Waals surface area (Å²) in [6.45, 7) is 0.0495. The van der Waals surface area contributed by atoms with Gasteiger partial charge in [0.15, 0.2) is 25.0 Å². The summed E-state index contributed by atoms with van der Waals surface area (Å²) < 4.78 is 69.9. The second-order valence-corrected chi connectivity index (χ2v) is 26.5. The van der Waals surface area contributed by atoms with E-state index in [4.69, 9.17) is 46.9 Å². The number of aliphatic hydroxyl groups is 14. The molecule has 4 rings (SSSR count). The van der Waals surface area contributed by atoms with Crippen LogP contribution in [0.5, 0.6) is 0 Å². The third kappa shape index (κ3) is 29.2. The van der Waals surface area contributed by atoms with E-state index in [9.17, 15) is 90.5 Å². The Morgan fingerprint density at radius 3 is 1.20 bits per heavy atom. The summed E-state index contributed by atoms with van der Waals surface area (Å²) in [5, 5.41) is 150. The molecule has 0 radical (unpaired) electrons. The van der Waals surface area contributed by atoms with E-state index < -0.39 is 188 Å². The molecule has 23 atom stereocenters. The van der Waals surface area contributed by atoms with Gasteiger partial charge in [-0.05, 0) is 64.2 Å². The second-order valence-electron chi connectivity index (χ2n) is 25.1. The molecule has 1 aliphatic carbocycles. The molecular weight excluding hydrogens is 1250 g/mol. The highest BCUT2D eigenvalue weighted by molar-refractivity contribution is 7.47. The molecule has 28 nitrogen and oxygen atoms in total. The lowest BCUT2D eigenvalue weighted by molar-refractivity contribution is -0.364. The van der Waals surface area contributed by atoms with Crippen LogP contribution >= 0.6 is 7.82 Å². The molecule has 29 heteroatoms. The molecule has 15 N–H and O–H groups in total. The largest absolute Gasteiger partial charge is 0.472 e. The van der Waals surface area contributed by atoms with Crippen LogP contribution in [0.25, 0.3) is 0 Å². The maximum Gasteiger partial charge on any atom is 0.472 e. The van der Waals surface area contributed by atoms with Crippen molar-refractivity contribution in [3.63, 3.8) is 0 Å². The van der Waals surface area contributed by atoms with Crippen LogP contribution in [0, 0.1) is 0 Å². The van der Waals surface area contributed by atoms with Gasteiger partial charge in [-0.1, -0.05) is 147 Å². The molecule has 10 unspecified atom stereocenters. The van der Waals surface area contributed by atoms with Gasteiger partial charge in [0.2, 0.25) is 0 Å². The number of phosphoric acid groups is 1. The Labute approximate surface area is 547 Å². The highest BCUT2D eigenvalue weighted by atomic mass is 31.2. The van der Waals surface area contributed by atoms with Gasteiger partial charge in [-0.25, -0.2) is 4.57 Å². The van der Waals surface area contributed by atoms with Crippen LogP contribution in [0.4, 0.5) is 0 Å². The van der Waals surface area contributed by atoms with E-state index in [1.807, 2.05) is 0 Å². The number of carbonyl (C=O) groups excluding carboxylic acids is 2. The van der Waals surface area contributed by atoms with Crippen molar-refractivity contribution < 1.29 is 137 Å². The maximum absolute atomic E-state index is 14.3. The minimum Gasteiger partial charge on any atom is -0.462 e. The van der Waals surface area contributed by atoms with Gasteiger partial charge < -0.3 is 114 Å².